The maximum atomic E-state index is 11.9. The van der Waals surface area contributed by atoms with Crippen molar-refractivity contribution in [1.82, 2.24) is 5.43 Å². The number of nitro benzene ring substituents is 1. The fourth-order valence-electron chi connectivity index (χ4n) is 1.72. The summed E-state index contributed by atoms with van der Waals surface area (Å²) in [4.78, 5) is 22.0. The molecule has 0 unspecified atom stereocenters. The van der Waals surface area contributed by atoms with Gasteiger partial charge in [0.1, 0.15) is 0 Å². The van der Waals surface area contributed by atoms with E-state index in [4.69, 9.17) is 5.73 Å². The second-order valence-electron chi connectivity index (χ2n) is 4.56. The molecule has 2 aromatic rings. The van der Waals surface area contributed by atoms with Gasteiger partial charge in [0.25, 0.3) is 11.6 Å². The van der Waals surface area contributed by atoms with Gasteiger partial charge in [-0.05, 0) is 48.9 Å². The van der Waals surface area contributed by atoms with Crippen LogP contribution in [0.25, 0.3) is 0 Å². The number of hydrogen-bond acceptors (Lipinski definition) is 5. The van der Waals surface area contributed by atoms with E-state index in [0.717, 1.165) is 0 Å². The number of nitrogen functional groups attached to an aromatic ring is 1. The number of anilines is 1. The maximum Gasteiger partial charge on any atom is 0.271 e. The maximum absolute atomic E-state index is 11.9. The number of hydrazone groups is 1. The summed E-state index contributed by atoms with van der Waals surface area (Å²) in [7, 11) is 0. The number of amides is 1. The first-order valence-corrected chi connectivity index (χ1v) is 6.42. The van der Waals surface area contributed by atoms with Crippen LogP contribution in [0.2, 0.25) is 0 Å². The van der Waals surface area contributed by atoms with Crippen LogP contribution in [-0.4, -0.2) is 16.5 Å². The normalized spacial score (nSPS) is 11.0. The predicted octanol–water partition coefficient (Wildman–Crippen LogP) is 2.33. The van der Waals surface area contributed by atoms with Gasteiger partial charge in [-0.15, -0.1) is 0 Å². The van der Waals surface area contributed by atoms with E-state index in [0.29, 0.717) is 22.5 Å². The Hall–Kier alpha value is -3.22. The van der Waals surface area contributed by atoms with Gasteiger partial charge in [0.15, 0.2) is 0 Å². The van der Waals surface area contributed by atoms with E-state index in [1.165, 1.54) is 12.1 Å². The Morgan fingerprint density at radius 1 is 1.09 bits per heavy atom. The minimum Gasteiger partial charge on any atom is -0.399 e. The van der Waals surface area contributed by atoms with Crippen molar-refractivity contribution in [3.8, 4) is 0 Å². The second-order valence-corrected chi connectivity index (χ2v) is 4.56. The number of benzene rings is 2. The average Bonchev–Trinajstić information content (AvgIpc) is 2.53. The number of nitrogens with one attached hydrogen (secondary N) is 1. The van der Waals surface area contributed by atoms with Crippen molar-refractivity contribution in [2.75, 3.05) is 5.73 Å². The van der Waals surface area contributed by atoms with Gasteiger partial charge in [-0.1, -0.05) is 0 Å². The summed E-state index contributed by atoms with van der Waals surface area (Å²) in [5.41, 5.74) is 10.2. The van der Waals surface area contributed by atoms with Crippen molar-refractivity contribution in [3.05, 3.63) is 69.8 Å². The number of nitro groups is 1. The van der Waals surface area contributed by atoms with Gasteiger partial charge >= 0.3 is 0 Å². The third-order valence-electron chi connectivity index (χ3n) is 2.99. The van der Waals surface area contributed by atoms with Crippen LogP contribution in [0.15, 0.2) is 53.6 Å². The Labute approximate surface area is 126 Å². The molecule has 0 bridgehead atoms. The molecule has 3 N–H and O–H groups in total. The molecular formula is C15H14N4O3. The van der Waals surface area contributed by atoms with Crippen LogP contribution in [-0.2, 0) is 0 Å². The highest BCUT2D eigenvalue weighted by molar-refractivity contribution is 6.01. The van der Waals surface area contributed by atoms with Crippen LogP contribution < -0.4 is 11.2 Å². The van der Waals surface area contributed by atoms with Gasteiger partial charge in [0, 0.05) is 23.4 Å². The fourth-order valence-corrected chi connectivity index (χ4v) is 1.72. The summed E-state index contributed by atoms with van der Waals surface area (Å²) < 4.78 is 0. The highest BCUT2D eigenvalue weighted by atomic mass is 16.6. The van der Waals surface area contributed by atoms with Crippen molar-refractivity contribution < 1.29 is 9.72 Å². The number of hydrogen-bond donors (Lipinski definition) is 2. The van der Waals surface area contributed by atoms with Crippen molar-refractivity contribution in [3.63, 3.8) is 0 Å². The zero-order valence-electron chi connectivity index (χ0n) is 11.8. The van der Waals surface area contributed by atoms with Crippen LogP contribution >= 0.6 is 0 Å². The molecule has 0 aromatic heterocycles. The first-order valence-electron chi connectivity index (χ1n) is 6.42. The lowest BCUT2D eigenvalue weighted by molar-refractivity contribution is -0.384. The highest BCUT2D eigenvalue weighted by Crippen LogP contribution is 2.12. The monoisotopic (exact) mass is 298 g/mol. The Morgan fingerprint density at radius 2 is 1.64 bits per heavy atom. The number of rotatable bonds is 4. The molecule has 0 aliphatic carbocycles. The number of non-ortho nitro benzene ring substituents is 1. The number of carbonyl (C=O) groups excluding carboxylic acids is 1. The Morgan fingerprint density at radius 3 is 2.18 bits per heavy atom. The molecule has 1 amide bonds. The second kappa shape index (κ2) is 6.49. The van der Waals surface area contributed by atoms with Gasteiger partial charge in [-0.2, -0.15) is 5.10 Å². The molecule has 0 heterocycles. The summed E-state index contributed by atoms with van der Waals surface area (Å²) in [5.74, 6) is -0.360. The Balaban J connectivity index is 2.07. The van der Waals surface area contributed by atoms with Crippen LogP contribution in [0, 0.1) is 10.1 Å². The summed E-state index contributed by atoms with van der Waals surface area (Å²) in [6, 6.07) is 12.4. The molecule has 112 valence electrons. The first kappa shape index (κ1) is 15.2. The molecule has 0 aliphatic heterocycles. The third-order valence-corrected chi connectivity index (χ3v) is 2.99. The molecule has 0 saturated carbocycles. The average molecular weight is 298 g/mol. The molecule has 0 atom stereocenters. The van der Waals surface area contributed by atoms with Crippen molar-refractivity contribution in [2.24, 2.45) is 5.10 Å². The van der Waals surface area contributed by atoms with E-state index in [9.17, 15) is 14.9 Å². The van der Waals surface area contributed by atoms with E-state index >= 15 is 0 Å². The molecule has 2 rings (SSSR count). The Kier molecular flexibility index (Phi) is 4.47. The van der Waals surface area contributed by atoms with E-state index in [1.807, 2.05) is 0 Å². The van der Waals surface area contributed by atoms with Crippen molar-refractivity contribution in [2.45, 2.75) is 6.92 Å². The van der Waals surface area contributed by atoms with Gasteiger partial charge < -0.3 is 5.73 Å². The summed E-state index contributed by atoms with van der Waals surface area (Å²) in [5, 5.41) is 14.6. The molecule has 7 heteroatoms. The molecule has 22 heavy (non-hydrogen) atoms. The molecule has 2 aromatic carbocycles. The molecule has 0 saturated heterocycles. The smallest absolute Gasteiger partial charge is 0.271 e. The first-order chi connectivity index (χ1) is 10.5. The Bertz CT molecular complexity index is 721. The molecule has 0 fully saturated rings. The largest absolute Gasteiger partial charge is 0.399 e. The molecule has 0 aliphatic rings. The van der Waals surface area contributed by atoms with Crippen LogP contribution in [0.1, 0.15) is 22.8 Å². The van der Waals surface area contributed by atoms with E-state index < -0.39 is 4.92 Å². The quantitative estimate of drug-likeness (QED) is 0.390. The fraction of sp³-hybridized carbons (Fsp3) is 0.0667. The predicted molar refractivity (Wildman–Crippen MR) is 83.6 cm³/mol. The van der Waals surface area contributed by atoms with Gasteiger partial charge in [0.05, 0.1) is 10.6 Å². The molecular weight excluding hydrogens is 284 g/mol. The lowest BCUT2D eigenvalue weighted by Crippen LogP contribution is -2.19. The van der Waals surface area contributed by atoms with E-state index in [1.54, 1.807) is 43.3 Å². The number of nitrogens with zero attached hydrogens (tertiary/aromatic N) is 2. The topological polar surface area (TPSA) is 111 Å². The highest BCUT2D eigenvalue weighted by Gasteiger charge is 2.07. The van der Waals surface area contributed by atoms with Gasteiger partial charge in [-0.3, -0.25) is 14.9 Å². The van der Waals surface area contributed by atoms with Crippen LogP contribution in [0.3, 0.4) is 0 Å². The standard InChI is InChI=1S/C15H14N4O3/c1-10(11-4-8-14(9-5-11)19(21)22)17-18-15(20)12-2-6-13(16)7-3-12/h2-9H,16H2,1H3,(H,18,20). The zero-order valence-corrected chi connectivity index (χ0v) is 11.8. The number of nitrogens with two attached hydrogens (primary N) is 1. The van der Waals surface area contributed by atoms with Crippen LogP contribution in [0.4, 0.5) is 11.4 Å². The molecule has 0 radical (unpaired) electrons. The zero-order chi connectivity index (χ0) is 16.1. The molecule has 0 spiro atoms. The lowest BCUT2D eigenvalue weighted by atomic mass is 10.1. The lowest BCUT2D eigenvalue weighted by Gasteiger charge is -2.03. The SMILES string of the molecule is CC(=NNC(=O)c1ccc(N)cc1)c1ccc([N+](=O)[O-])cc1. The van der Waals surface area contributed by atoms with Gasteiger partial charge in [-0.25, -0.2) is 5.43 Å². The minimum atomic E-state index is -0.473. The van der Waals surface area contributed by atoms with E-state index in [2.05, 4.69) is 10.5 Å². The summed E-state index contributed by atoms with van der Waals surface area (Å²) in [6.45, 7) is 1.70. The number of carbonyl (C=O) groups is 1. The van der Waals surface area contributed by atoms with Crippen molar-refractivity contribution >= 4 is 23.0 Å². The molecule has 7 nitrogen and oxygen atoms in total. The van der Waals surface area contributed by atoms with Gasteiger partial charge in [0.2, 0.25) is 0 Å². The van der Waals surface area contributed by atoms with Crippen LogP contribution in [0.5, 0.6) is 0 Å². The summed E-state index contributed by atoms with van der Waals surface area (Å²) >= 11 is 0. The third kappa shape index (κ3) is 3.66. The van der Waals surface area contributed by atoms with Crippen molar-refractivity contribution in [1.29, 1.82) is 0 Å². The minimum absolute atomic E-state index is 0.00228. The van der Waals surface area contributed by atoms with E-state index in [-0.39, 0.29) is 11.6 Å². The summed E-state index contributed by atoms with van der Waals surface area (Å²) in [6.07, 6.45) is 0.